The lowest BCUT2D eigenvalue weighted by Crippen LogP contribution is -2.41. The van der Waals surface area contributed by atoms with Gasteiger partial charge in [0.15, 0.2) is 9.84 Å². The highest BCUT2D eigenvalue weighted by atomic mass is 32.2. The second-order valence-electron chi connectivity index (χ2n) is 9.71. The summed E-state index contributed by atoms with van der Waals surface area (Å²) in [5.74, 6) is -0.0885. The molecule has 0 saturated carbocycles. The van der Waals surface area contributed by atoms with Crippen molar-refractivity contribution in [3.63, 3.8) is 0 Å². The van der Waals surface area contributed by atoms with E-state index in [1.165, 1.54) is 16.9 Å². The Morgan fingerprint density at radius 3 is 2.33 bits per heavy atom. The molecule has 0 bridgehead atoms. The maximum Gasteiger partial charge on any atom is 0.274 e. The molecule has 1 atom stereocenters. The van der Waals surface area contributed by atoms with Gasteiger partial charge in [0.2, 0.25) is 0 Å². The Balaban J connectivity index is 1.70. The standard InChI is InChI=1S/C26H30N2O3S2/c1-18-27-23(24(32-18)20-8-6-5-7-9-20)25(29)28(22-14-15-33(30,31)17-22)16-19-10-12-21(13-11-19)26(2,3)4/h5-13,22H,14-17H2,1-4H3. The molecule has 0 aliphatic carbocycles. The Morgan fingerprint density at radius 2 is 1.76 bits per heavy atom. The zero-order valence-corrected chi connectivity index (χ0v) is 21.2. The van der Waals surface area contributed by atoms with E-state index in [2.05, 4.69) is 37.9 Å². The van der Waals surface area contributed by atoms with Crippen LogP contribution in [0.3, 0.4) is 0 Å². The van der Waals surface area contributed by atoms with E-state index in [1.807, 2.05) is 49.4 Å². The lowest BCUT2D eigenvalue weighted by molar-refractivity contribution is 0.0676. The maximum absolute atomic E-state index is 13.9. The number of nitrogens with zero attached hydrogens (tertiary/aromatic N) is 2. The first kappa shape index (κ1) is 23.6. The largest absolute Gasteiger partial charge is 0.329 e. The molecule has 4 rings (SSSR count). The summed E-state index contributed by atoms with van der Waals surface area (Å²) in [7, 11) is -3.14. The summed E-state index contributed by atoms with van der Waals surface area (Å²) in [6.45, 7) is 8.74. The summed E-state index contributed by atoms with van der Waals surface area (Å²) in [6.07, 6.45) is 0.456. The van der Waals surface area contributed by atoms with Crippen molar-refractivity contribution in [3.8, 4) is 10.4 Å². The molecule has 7 heteroatoms. The van der Waals surface area contributed by atoms with Crippen LogP contribution in [0, 0.1) is 6.92 Å². The van der Waals surface area contributed by atoms with Crippen LogP contribution in [0.25, 0.3) is 10.4 Å². The highest BCUT2D eigenvalue weighted by Gasteiger charge is 2.36. The molecule has 1 unspecified atom stereocenters. The number of hydrogen-bond acceptors (Lipinski definition) is 5. The van der Waals surface area contributed by atoms with Crippen LogP contribution in [0.5, 0.6) is 0 Å². The summed E-state index contributed by atoms with van der Waals surface area (Å²) in [6, 6.07) is 17.7. The van der Waals surface area contributed by atoms with Crippen molar-refractivity contribution in [2.45, 2.75) is 52.1 Å². The van der Waals surface area contributed by atoms with E-state index in [1.54, 1.807) is 4.90 Å². The van der Waals surface area contributed by atoms with Gasteiger partial charge in [-0.25, -0.2) is 13.4 Å². The van der Waals surface area contributed by atoms with E-state index in [-0.39, 0.29) is 28.9 Å². The zero-order chi connectivity index (χ0) is 23.8. The average molecular weight is 483 g/mol. The van der Waals surface area contributed by atoms with E-state index in [0.717, 1.165) is 21.0 Å². The van der Waals surface area contributed by atoms with Gasteiger partial charge in [-0.05, 0) is 35.4 Å². The Morgan fingerprint density at radius 1 is 1.09 bits per heavy atom. The Bertz CT molecular complexity index is 1240. The number of benzene rings is 2. The number of rotatable bonds is 5. The van der Waals surface area contributed by atoms with Crippen molar-refractivity contribution < 1.29 is 13.2 Å². The minimum absolute atomic E-state index is 0.00258. The van der Waals surface area contributed by atoms with Gasteiger partial charge in [0, 0.05) is 12.6 Å². The predicted molar refractivity (Wildman–Crippen MR) is 134 cm³/mol. The average Bonchev–Trinajstić information content (AvgIpc) is 3.33. The van der Waals surface area contributed by atoms with E-state index in [0.29, 0.717) is 18.7 Å². The van der Waals surface area contributed by atoms with Crippen LogP contribution in [-0.4, -0.2) is 41.8 Å². The van der Waals surface area contributed by atoms with Crippen molar-refractivity contribution in [2.24, 2.45) is 0 Å². The summed E-state index contributed by atoms with van der Waals surface area (Å²) in [5.41, 5.74) is 3.58. The Hall–Kier alpha value is -2.51. The third-order valence-corrected chi connectivity index (χ3v) is 8.83. The van der Waals surface area contributed by atoms with Crippen LogP contribution < -0.4 is 0 Å². The lowest BCUT2D eigenvalue weighted by atomic mass is 9.86. The molecule has 0 radical (unpaired) electrons. The molecule has 2 heterocycles. The minimum Gasteiger partial charge on any atom is -0.329 e. The highest BCUT2D eigenvalue weighted by molar-refractivity contribution is 7.91. The van der Waals surface area contributed by atoms with Gasteiger partial charge in [-0.15, -0.1) is 11.3 Å². The lowest BCUT2D eigenvalue weighted by Gasteiger charge is -2.28. The SMILES string of the molecule is Cc1nc(C(=O)N(Cc2ccc(C(C)(C)C)cc2)C2CCS(=O)(=O)C2)c(-c2ccccc2)s1. The summed E-state index contributed by atoms with van der Waals surface area (Å²) in [4.78, 5) is 21.0. The van der Waals surface area contributed by atoms with Crippen LogP contribution in [0.4, 0.5) is 0 Å². The predicted octanol–water partition coefficient (Wildman–Crippen LogP) is 5.25. The monoisotopic (exact) mass is 482 g/mol. The van der Waals surface area contributed by atoms with Gasteiger partial charge in [-0.2, -0.15) is 0 Å². The van der Waals surface area contributed by atoms with E-state index >= 15 is 0 Å². The Kier molecular flexibility index (Phi) is 6.47. The quantitative estimate of drug-likeness (QED) is 0.498. The number of sulfone groups is 1. The van der Waals surface area contributed by atoms with Crippen LogP contribution in [0.15, 0.2) is 54.6 Å². The topological polar surface area (TPSA) is 67.3 Å². The number of carbonyl (C=O) groups excluding carboxylic acids is 1. The first-order chi connectivity index (χ1) is 15.5. The number of amides is 1. The maximum atomic E-state index is 13.9. The van der Waals surface area contributed by atoms with Gasteiger partial charge in [0.25, 0.3) is 5.91 Å². The van der Waals surface area contributed by atoms with Gasteiger partial charge < -0.3 is 4.90 Å². The van der Waals surface area contributed by atoms with Crippen molar-refractivity contribution in [2.75, 3.05) is 11.5 Å². The second-order valence-corrected chi connectivity index (χ2v) is 13.1. The van der Waals surface area contributed by atoms with Crippen molar-refractivity contribution >= 4 is 27.1 Å². The molecule has 1 fully saturated rings. The van der Waals surface area contributed by atoms with Gasteiger partial charge >= 0.3 is 0 Å². The smallest absolute Gasteiger partial charge is 0.274 e. The third kappa shape index (κ3) is 5.36. The number of aromatic nitrogens is 1. The zero-order valence-electron chi connectivity index (χ0n) is 19.5. The summed E-state index contributed by atoms with van der Waals surface area (Å²) in [5, 5.41) is 0.811. The first-order valence-electron chi connectivity index (χ1n) is 11.2. The number of aryl methyl sites for hydroxylation is 1. The van der Waals surface area contributed by atoms with Gasteiger partial charge in [-0.1, -0.05) is 75.4 Å². The molecule has 0 N–H and O–H groups in total. The van der Waals surface area contributed by atoms with Crippen molar-refractivity contribution in [1.29, 1.82) is 0 Å². The van der Waals surface area contributed by atoms with Crippen LogP contribution in [0.1, 0.15) is 53.8 Å². The van der Waals surface area contributed by atoms with Gasteiger partial charge in [0.05, 0.1) is 21.4 Å². The molecule has 5 nitrogen and oxygen atoms in total. The van der Waals surface area contributed by atoms with Crippen LogP contribution >= 0.6 is 11.3 Å². The Labute approximate surface area is 200 Å². The molecule has 3 aromatic rings. The van der Waals surface area contributed by atoms with E-state index < -0.39 is 9.84 Å². The molecule has 1 aromatic heterocycles. The molecule has 1 aliphatic heterocycles. The second kappa shape index (κ2) is 9.03. The minimum atomic E-state index is -3.14. The van der Waals surface area contributed by atoms with Crippen molar-refractivity contribution in [3.05, 3.63) is 76.4 Å². The van der Waals surface area contributed by atoms with E-state index in [4.69, 9.17) is 0 Å². The molecular formula is C26H30N2O3S2. The molecule has 1 saturated heterocycles. The molecule has 1 amide bonds. The third-order valence-electron chi connectivity index (χ3n) is 6.06. The van der Waals surface area contributed by atoms with Gasteiger partial charge in [0.1, 0.15) is 5.69 Å². The first-order valence-corrected chi connectivity index (χ1v) is 13.8. The molecule has 1 aliphatic rings. The molecular weight excluding hydrogens is 452 g/mol. The van der Waals surface area contributed by atoms with E-state index in [9.17, 15) is 13.2 Å². The van der Waals surface area contributed by atoms with Crippen LogP contribution in [0.2, 0.25) is 0 Å². The fraction of sp³-hybridized carbons (Fsp3) is 0.385. The fourth-order valence-electron chi connectivity index (χ4n) is 4.19. The number of hydrogen-bond donors (Lipinski definition) is 0. The summed E-state index contributed by atoms with van der Waals surface area (Å²) < 4.78 is 24.5. The molecule has 174 valence electrons. The van der Waals surface area contributed by atoms with Crippen LogP contribution in [-0.2, 0) is 21.8 Å². The summed E-state index contributed by atoms with van der Waals surface area (Å²) >= 11 is 1.49. The molecule has 33 heavy (non-hydrogen) atoms. The highest BCUT2D eigenvalue weighted by Crippen LogP contribution is 2.33. The number of thiazole rings is 1. The number of carbonyl (C=O) groups is 1. The van der Waals surface area contributed by atoms with Gasteiger partial charge in [-0.3, -0.25) is 4.79 Å². The fourth-order valence-corrected chi connectivity index (χ4v) is 6.83. The molecule has 0 spiro atoms. The normalized spacial score (nSPS) is 17.8. The van der Waals surface area contributed by atoms with Crippen molar-refractivity contribution in [1.82, 2.24) is 9.88 Å². The molecule has 2 aromatic carbocycles.